The molecule has 4 rings (SSSR count). The van der Waals surface area contributed by atoms with E-state index in [2.05, 4.69) is 4.72 Å². The Morgan fingerprint density at radius 2 is 1.70 bits per heavy atom. The van der Waals surface area contributed by atoms with Gasteiger partial charge in [0.25, 0.3) is 10.0 Å². The molecule has 1 N–H and O–H groups in total. The van der Waals surface area contributed by atoms with Crippen molar-refractivity contribution in [3.63, 3.8) is 0 Å². The molecule has 1 aliphatic rings. The Hall–Kier alpha value is -1.98. The highest BCUT2D eigenvalue weighted by atomic mass is 35.5. The lowest BCUT2D eigenvalue weighted by molar-refractivity contribution is 0.391. The van der Waals surface area contributed by atoms with Gasteiger partial charge < -0.3 is 0 Å². The van der Waals surface area contributed by atoms with Gasteiger partial charge in [0.15, 0.2) is 0 Å². The number of fused-ring (bicyclic) bond motifs is 1. The second-order valence-electron chi connectivity index (χ2n) is 6.69. The fourth-order valence-electron chi connectivity index (χ4n) is 3.20. The molecule has 0 spiro atoms. The fraction of sp³-hybridized carbons (Fsp3) is 0.158. The van der Waals surface area contributed by atoms with Gasteiger partial charge in [-0.15, -0.1) is 11.3 Å². The molecule has 0 atom stereocenters. The van der Waals surface area contributed by atoms with Gasteiger partial charge in [0.2, 0.25) is 10.0 Å². The highest BCUT2D eigenvalue weighted by Gasteiger charge is 2.29. The van der Waals surface area contributed by atoms with Crippen molar-refractivity contribution in [3.8, 4) is 0 Å². The van der Waals surface area contributed by atoms with Gasteiger partial charge in [-0.2, -0.15) is 4.31 Å². The molecule has 0 fully saturated rings. The summed E-state index contributed by atoms with van der Waals surface area (Å²) in [5, 5.41) is 0. The summed E-state index contributed by atoms with van der Waals surface area (Å²) in [6, 6.07) is 12.7. The number of hydrogen-bond donors (Lipinski definition) is 1. The molecule has 6 nitrogen and oxygen atoms in total. The van der Waals surface area contributed by atoms with Crippen molar-refractivity contribution in [1.29, 1.82) is 0 Å². The van der Waals surface area contributed by atoms with Crippen LogP contribution in [0.5, 0.6) is 0 Å². The molecule has 0 radical (unpaired) electrons. The van der Waals surface area contributed by atoms with Crippen molar-refractivity contribution in [3.05, 3.63) is 75.9 Å². The highest BCUT2D eigenvalue weighted by Crippen LogP contribution is 2.30. The minimum absolute atomic E-state index is 0.0128. The van der Waals surface area contributed by atoms with E-state index < -0.39 is 25.9 Å². The van der Waals surface area contributed by atoms with Crippen molar-refractivity contribution in [2.45, 2.75) is 22.1 Å². The van der Waals surface area contributed by atoms with Gasteiger partial charge in [-0.05, 0) is 66.1 Å². The summed E-state index contributed by atoms with van der Waals surface area (Å²) in [4.78, 5) is 0.0128. The van der Waals surface area contributed by atoms with Gasteiger partial charge in [-0.1, -0.05) is 17.7 Å². The lowest BCUT2D eigenvalue weighted by Gasteiger charge is -2.28. The van der Waals surface area contributed by atoms with Crippen molar-refractivity contribution >= 4 is 48.7 Å². The Balaban J connectivity index is 1.58. The Labute approximate surface area is 183 Å². The van der Waals surface area contributed by atoms with Crippen molar-refractivity contribution in [2.75, 3.05) is 11.3 Å². The minimum Gasteiger partial charge on any atom is -0.279 e. The molecule has 0 unspecified atom stereocenters. The molecule has 158 valence electrons. The van der Waals surface area contributed by atoms with E-state index in [9.17, 15) is 21.2 Å². The fourth-order valence-corrected chi connectivity index (χ4v) is 7.15. The topological polar surface area (TPSA) is 83.6 Å². The molecule has 2 aromatic carbocycles. The third kappa shape index (κ3) is 4.23. The van der Waals surface area contributed by atoms with Gasteiger partial charge in [-0.3, -0.25) is 4.72 Å². The molecule has 11 heteroatoms. The monoisotopic (exact) mass is 486 g/mol. The summed E-state index contributed by atoms with van der Waals surface area (Å²) >= 11 is 6.77. The summed E-state index contributed by atoms with van der Waals surface area (Å²) in [6.45, 7) is 0.376. The molecular formula is C19H16ClFN2O4S3. The normalized spacial score (nSPS) is 15.0. The molecule has 0 saturated heterocycles. The van der Waals surface area contributed by atoms with E-state index >= 15 is 0 Å². The molecule has 30 heavy (non-hydrogen) atoms. The zero-order chi connectivity index (χ0) is 21.5. The van der Waals surface area contributed by atoms with Crippen LogP contribution in [0.25, 0.3) is 0 Å². The van der Waals surface area contributed by atoms with Crippen molar-refractivity contribution in [1.82, 2.24) is 4.31 Å². The second kappa shape index (κ2) is 7.93. The SMILES string of the molecule is O=S(=O)(Nc1ccc2c(c1)CN(S(=O)(=O)c1ccc(F)cc1)CC2)c1ccc(Cl)s1. The zero-order valence-electron chi connectivity index (χ0n) is 15.4. The maximum atomic E-state index is 13.1. The molecule has 2 heterocycles. The molecule has 3 aromatic rings. The lowest BCUT2D eigenvalue weighted by Crippen LogP contribution is -2.36. The number of anilines is 1. The predicted octanol–water partition coefficient (Wildman–Crippen LogP) is 4.09. The quantitative estimate of drug-likeness (QED) is 0.588. The summed E-state index contributed by atoms with van der Waals surface area (Å²) < 4.78 is 68.2. The summed E-state index contributed by atoms with van der Waals surface area (Å²) in [5.41, 5.74) is 1.98. The smallest absolute Gasteiger partial charge is 0.271 e. The van der Waals surface area contributed by atoms with Crippen LogP contribution in [0, 0.1) is 5.82 Å². The van der Waals surface area contributed by atoms with Crippen LogP contribution in [0.4, 0.5) is 10.1 Å². The number of rotatable bonds is 5. The van der Waals surface area contributed by atoms with E-state index in [0.717, 1.165) is 29.0 Å². The van der Waals surface area contributed by atoms with Crippen LogP contribution in [-0.2, 0) is 33.0 Å². The molecule has 0 bridgehead atoms. The van der Waals surface area contributed by atoms with Gasteiger partial charge in [0.1, 0.15) is 10.0 Å². The van der Waals surface area contributed by atoms with Crippen LogP contribution < -0.4 is 4.72 Å². The maximum Gasteiger partial charge on any atom is 0.271 e. The Bertz CT molecular complexity index is 1310. The van der Waals surface area contributed by atoms with E-state index in [1.807, 2.05) is 0 Å². The zero-order valence-corrected chi connectivity index (χ0v) is 18.6. The number of nitrogens with one attached hydrogen (secondary N) is 1. The van der Waals surface area contributed by atoms with E-state index in [4.69, 9.17) is 11.6 Å². The number of sulfonamides is 2. The predicted molar refractivity (Wildman–Crippen MR) is 114 cm³/mol. The molecule has 1 aliphatic heterocycles. The summed E-state index contributed by atoms with van der Waals surface area (Å²) in [7, 11) is -7.59. The molecule has 0 amide bonds. The van der Waals surface area contributed by atoms with Gasteiger partial charge >= 0.3 is 0 Å². The Morgan fingerprint density at radius 1 is 0.967 bits per heavy atom. The van der Waals surface area contributed by atoms with Crippen molar-refractivity contribution in [2.24, 2.45) is 0 Å². The first-order valence-corrected chi connectivity index (χ1v) is 12.9. The van der Waals surface area contributed by atoms with Gasteiger partial charge in [-0.25, -0.2) is 21.2 Å². The maximum absolute atomic E-state index is 13.1. The van der Waals surface area contributed by atoms with Crippen LogP contribution in [0.1, 0.15) is 11.1 Å². The average Bonchev–Trinajstić information content (AvgIpc) is 3.15. The number of nitrogens with zero attached hydrogens (tertiary/aromatic N) is 1. The Morgan fingerprint density at radius 3 is 2.37 bits per heavy atom. The summed E-state index contributed by atoms with van der Waals surface area (Å²) in [6.07, 6.45) is 0.489. The average molecular weight is 487 g/mol. The molecule has 0 saturated carbocycles. The standard InChI is InChI=1S/C19H16ClFN2O4S3/c20-18-7-8-19(28-18)29(24,25)22-16-4-1-13-9-10-23(12-14(13)11-16)30(26,27)17-5-2-15(21)3-6-17/h1-8,11,22H,9-10,12H2. The molecular weight excluding hydrogens is 471 g/mol. The number of benzene rings is 2. The van der Waals surface area contributed by atoms with E-state index in [0.29, 0.717) is 22.0 Å². The third-order valence-electron chi connectivity index (χ3n) is 4.70. The van der Waals surface area contributed by atoms with Crippen LogP contribution in [-0.4, -0.2) is 27.7 Å². The first-order chi connectivity index (χ1) is 14.1. The van der Waals surface area contributed by atoms with Gasteiger partial charge in [0.05, 0.1) is 9.23 Å². The van der Waals surface area contributed by atoms with Crippen LogP contribution in [0.15, 0.2) is 63.7 Å². The molecule has 1 aromatic heterocycles. The highest BCUT2D eigenvalue weighted by molar-refractivity contribution is 7.94. The first kappa shape index (κ1) is 21.3. The largest absolute Gasteiger partial charge is 0.279 e. The number of hydrogen-bond acceptors (Lipinski definition) is 5. The lowest BCUT2D eigenvalue weighted by atomic mass is 10.0. The third-order valence-corrected chi connectivity index (χ3v) is 9.66. The van der Waals surface area contributed by atoms with Crippen LogP contribution in [0.3, 0.4) is 0 Å². The Kier molecular flexibility index (Phi) is 5.62. The first-order valence-electron chi connectivity index (χ1n) is 8.81. The van der Waals surface area contributed by atoms with Crippen molar-refractivity contribution < 1.29 is 21.2 Å². The number of thiophene rings is 1. The summed E-state index contributed by atoms with van der Waals surface area (Å²) in [5.74, 6) is -0.512. The van der Waals surface area contributed by atoms with E-state index in [1.54, 1.807) is 18.2 Å². The van der Waals surface area contributed by atoms with Crippen LogP contribution in [0.2, 0.25) is 4.34 Å². The number of halogens is 2. The molecule has 0 aliphatic carbocycles. The van der Waals surface area contributed by atoms with E-state index in [-0.39, 0.29) is 22.2 Å². The van der Waals surface area contributed by atoms with Gasteiger partial charge in [0, 0.05) is 18.8 Å². The van der Waals surface area contributed by atoms with E-state index in [1.165, 1.54) is 28.6 Å². The van der Waals surface area contributed by atoms with Crippen LogP contribution >= 0.6 is 22.9 Å². The minimum atomic E-state index is -3.79. The second-order valence-corrected chi connectivity index (χ2v) is 12.3.